The van der Waals surface area contributed by atoms with E-state index < -0.39 is 28.0 Å². The second-order valence-corrected chi connectivity index (χ2v) is 11.9. The van der Waals surface area contributed by atoms with Gasteiger partial charge in [0.2, 0.25) is 27.7 Å². The number of hydrogen-bond acceptors (Lipinski definition) is 7. The maximum atomic E-state index is 13.1. The van der Waals surface area contributed by atoms with Gasteiger partial charge in [-0.2, -0.15) is 4.72 Å². The van der Waals surface area contributed by atoms with Crippen LogP contribution in [0, 0.1) is 0 Å². The molecule has 13 heteroatoms. The highest BCUT2D eigenvalue weighted by atomic mass is 35.5. The number of likely N-dealkylation sites (tertiary alicyclic amines) is 2. The second-order valence-electron chi connectivity index (χ2n) is 8.51. The first-order valence-electron chi connectivity index (χ1n) is 11.5. The molecule has 0 aliphatic carbocycles. The maximum Gasteiger partial charge on any atom is 0.248 e. The Morgan fingerprint density at radius 3 is 2.69 bits per heavy atom. The zero-order chi connectivity index (χ0) is 25.7. The van der Waals surface area contributed by atoms with Gasteiger partial charge in [-0.05, 0) is 56.0 Å². The van der Waals surface area contributed by atoms with Crippen LogP contribution >= 0.6 is 22.9 Å². The number of thiophene rings is 1. The summed E-state index contributed by atoms with van der Waals surface area (Å²) < 4.78 is 28.0. The van der Waals surface area contributed by atoms with Gasteiger partial charge < -0.3 is 15.1 Å². The van der Waals surface area contributed by atoms with Crippen LogP contribution in [-0.2, 0) is 24.4 Å². The van der Waals surface area contributed by atoms with Gasteiger partial charge in [-0.1, -0.05) is 17.7 Å². The van der Waals surface area contributed by atoms with Gasteiger partial charge >= 0.3 is 0 Å². The molecule has 36 heavy (non-hydrogen) atoms. The molecule has 0 radical (unpaired) electrons. The fourth-order valence-electron chi connectivity index (χ4n) is 4.26. The van der Waals surface area contributed by atoms with E-state index in [0.29, 0.717) is 53.8 Å². The van der Waals surface area contributed by atoms with Gasteiger partial charge in [-0.3, -0.25) is 14.4 Å². The Bertz CT molecular complexity index is 1250. The third-order valence-corrected chi connectivity index (χ3v) is 8.26. The van der Waals surface area contributed by atoms with Gasteiger partial charge in [0.25, 0.3) is 0 Å². The number of nitrogens with one attached hydrogen (secondary N) is 2. The molecule has 3 amide bonds. The van der Waals surface area contributed by atoms with Gasteiger partial charge in [0.05, 0.1) is 10.9 Å². The van der Waals surface area contributed by atoms with Gasteiger partial charge in [-0.25, -0.2) is 13.4 Å². The molecule has 0 spiro atoms. The zero-order valence-corrected chi connectivity index (χ0v) is 21.7. The number of aromatic nitrogens is 1. The summed E-state index contributed by atoms with van der Waals surface area (Å²) in [5.41, 5.74) is 0. The molecule has 2 aliphatic heterocycles. The molecule has 2 saturated heterocycles. The number of pyridine rings is 1. The molecular weight excluding hydrogens is 526 g/mol. The molecule has 0 saturated carbocycles. The van der Waals surface area contributed by atoms with Crippen molar-refractivity contribution in [1.29, 1.82) is 0 Å². The molecule has 2 fully saturated rings. The Hall–Kier alpha value is -2.80. The van der Waals surface area contributed by atoms with Crippen molar-refractivity contribution in [3.63, 3.8) is 0 Å². The molecule has 0 bridgehead atoms. The number of rotatable bonds is 8. The van der Waals surface area contributed by atoms with Gasteiger partial charge in [0, 0.05) is 29.6 Å². The van der Waals surface area contributed by atoms with Crippen molar-refractivity contribution < 1.29 is 22.8 Å². The number of nitrogens with zero attached hydrogens (tertiary/aromatic N) is 3. The van der Waals surface area contributed by atoms with Crippen LogP contribution in [0.2, 0.25) is 4.34 Å². The fraction of sp³-hybridized carbons (Fsp3) is 0.391. The summed E-state index contributed by atoms with van der Waals surface area (Å²) in [6.45, 7) is 0.535. The lowest BCUT2D eigenvalue weighted by Gasteiger charge is -2.33. The van der Waals surface area contributed by atoms with Crippen molar-refractivity contribution >= 4 is 62.6 Å². The summed E-state index contributed by atoms with van der Waals surface area (Å²) in [7, 11) is -3.89. The summed E-state index contributed by atoms with van der Waals surface area (Å²) in [4.78, 5) is 46.4. The van der Waals surface area contributed by atoms with Crippen molar-refractivity contribution in [1.82, 2.24) is 19.5 Å². The van der Waals surface area contributed by atoms with E-state index in [-0.39, 0.29) is 18.4 Å². The highest BCUT2D eigenvalue weighted by Crippen LogP contribution is 2.23. The average Bonchev–Trinajstić information content (AvgIpc) is 3.50. The maximum absolute atomic E-state index is 13.1. The molecule has 2 N–H and O–H groups in total. The lowest BCUT2D eigenvalue weighted by molar-refractivity contribution is -0.144. The van der Waals surface area contributed by atoms with Crippen LogP contribution in [-0.4, -0.2) is 72.6 Å². The van der Waals surface area contributed by atoms with Crippen molar-refractivity contribution in [2.45, 2.75) is 37.8 Å². The van der Waals surface area contributed by atoms with Crippen LogP contribution in [0.1, 0.15) is 30.6 Å². The monoisotopic (exact) mass is 551 g/mol. The van der Waals surface area contributed by atoms with E-state index in [4.69, 9.17) is 11.6 Å². The number of anilines is 1. The summed E-state index contributed by atoms with van der Waals surface area (Å²) in [5, 5.41) is 3.73. The van der Waals surface area contributed by atoms with Crippen molar-refractivity contribution in [3.8, 4) is 0 Å². The Kier molecular flexibility index (Phi) is 8.39. The summed E-state index contributed by atoms with van der Waals surface area (Å²) in [6.07, 6.45) is 5.04. The van der Waals surface area contributed by atoms with Crippen LogP contribution in [0.3, 0.4) is 0 Å². The van der Waals surface area contributed by atoms with E-state index in [9.17, 15) is 22.8 Å². The summed E-state index contributed by atoms with van der Waals surface area (Å²) >= 11 is 7.10. The topological polar surface area (TPSA) is 129 Å². The molecule has 2 atom stereocenters. The normalized spacial score (nSPS) is 20.8. The van der Waals surface area contributed by atoms with Gasteiger partial charge in [-0.15, -0.1) is 11.3 Å². The Morgan fingerprint density at radius 1 is 1.17 bits per heavy atom. The number of carbonyl (C=O) groups is 3. The van der Waals surface area contributed by atoms with E-state index in [0.717, 1.165) is 5.41 Å². The number of amides is 3. The highest BCUT2D eigenvalue weighted by Gasteiger charge is 2.37. The zero-order valence-electron chi connectivity index (χ0n) is 19.3. The van der Waals surface area contributed by atoms with Crippen LogP contribution in [0.5, 0.6) is 0 Å². The third-order valence-electron chi connectivity index (χ3n) is 5.96. The van der Waals surface area contributed by atoms with Crippen molar-refractivity contribution in [3.05, 3.63) is 51.2 Å². The van der Waals surface area contributed by atoms with Crippen LogP contribution < -0.4 is 10.0 Å². The molecule has 192 valence electrons. The molecule has 4 heterocycles. The first-order valence-corrected chi connectivity index (χ1v) is 14.2. The van der Waals surface area contributed by atoms with Gasteiger partial charge in [0.1, 0.15) is 17.9 Å². The van der Waals surface area contributed by atoms with Crippen LogP contribution in [0.4, 0.5) is 5.82 Å². The van der Waals surface area contributed by atoms with E-state index >= 15 is 0 Å². The van der Waals surface area contributed by atoms with Crippen LogP contribution in [0.25, 0.3) is 6.08 Å². The predicted molar refractivity (Wildman–Crippen MR) is 138 cm³/mol. The Labute approximate surface area is 218 Å². The standard InChI is InChI=1S/C23H26ClN5O5S2/c24-19-9-8-16(35-19)10-14-36(33,34)27-17-5-3-12-28(23(17)32)15-21(30)29-13-4-6-18(29)22(31)26-20-7-1-2-11-25-20/h1-2,7-11,14,17-18,27H,3-6,12-13,15H2,(H,25,26,31)/t17-,18+/m0/s1. The number of halogens is 1. The molecule has 4 rings (SSSR count). The Morgan fingerprint density at radius 2 is 1.97 bits per heavy atom. The Balaban J connectivity index is 1.35. The first-order chi connectivity index (χ1) is 17.2. The average molecular weight is 552 g/mol. The minimum absolute atomic E-state index is 0.214. The molecule has 0 unspecified atom stereocenters. The molecular formula is C23H26ClN5O5S2. The minimum Gasteiger partial charge on any atom is -0.332 e. The number of carbonyl (C=O) groups excluding carboxylic acids is 3. The SMILES string of the molecule is O=C(Nc1ccccn1)[C@H]1CCCN1C(=O)CN1CCC[C@H](NS(=O)(=O)C=Cc2ccc(Cl)s2)C1=O. The first kappa shape index (κ1) is 26.3. The van der Waals surface area contributed by atoms with Gasteiger partial charge in [0.15, 0.2) is 0 Å². The van der Waals surface area contributed by atoms with Crippen molar-refractivity contribution in [2.75, 3.05) is 25.0 Å². The lowest BCUT2D eigenvalue weighted by Crippen LogP contribution is -2.55. The summed E-state index contributed by atoms with van der Waals surface area (Å²) in [5.74, 6) is -0.729. The second kappa shape index (κ2) is 11.5. The van der Waals surface area contributed by atoms with Crippen molar-refractivity contribution in [2.24, 2.45) is 0 Å². The highest BCUT2D eigenvalue weighted by molar-refractivity contribution is 7.92. The number of piperidine rings is 1. The molecule has 2 aliphatic rings. The van der Waals surface area contributed by atoms with E-state index in [1.54, 1.807) is 36.5 Å². The molecule has 2 aromatic rings. The molecule has 2 aromatic heterocycles. The smallest absolute Gasteiger partial charge is 0.248 e. The van der Waals surface area contributed by atoms with E-state index in [2.05, 4.69) is 15.0 Å². The molecule has 0 aromatic carbocycles. The minimum atomic E-state index is -3.89. The fourth-order valence-corrected chi connectivity index (χ4v) is 6.33. The molecule has 10 nitrogen and oxygen atoms in total. The predicted octanol–water partition coefficient (Wildman–Crippen LogP) is 2.31. The largest absolute Gasteiger partial charge is 0.332 e. The summed E-state index contributed by atoms with van der Waals surface area (Å²) in [6, 6.07) is 6.90. The third kappa shape index (κ3) is 6.69. The quantitative estimate of drug-likeness (QED) is 0.518. The number of sulfonamides is 1. The van der Waals surface area contributed by atoms with Crippen LogP contribution in [0.15, 0.2) is 41.9 Å². The van der Waals surface area contributed by atoms with E-state index in [1.807, 2.05) is 0 Å². The lowest BCUT2D eigenvalue weighted by atomic mass is 10.1. The number of hydrogen-bond donors (Lipinski definition) is 2. The van der Waals surface area contributed by atoms with E-state index in [1.165, 1.54) is 27.2 Å².